The molecular formula is C18H19Cl2NO5. The topological polar surface area (TPSA) is 88.8 Å². The van der Waals surface area contributed by atoms with Crippen molar-refractivity contribution in [2.45, 2.75) is 38.8 Å². The molecule has 8 heteroatoms. The quantitative estimate of drug-likeness (QED) is 0.755. The van der Waals surface area contributed by atoms with Crippen molar-refractivity contribution < 1.29 is 23.8 Å². The molecule has 0 radical (unpaired) electrons. The van der Waals surface area contributed by atoms with Gasteiger partial charge in [0.1, 0.15) is 23.2 Å². The molecule has 1 heterocycles. The Hall–Kier alpha value is -2.18. The molecular weight excluding hydrogens is 381 g/mol. The number of rotatable bonds is 5. The van der Waals surface area contributed by atoms with Crippen LogP contribution < -0.4 is 5.32 Å². The molecule has 2 N–H and O–H groups in total. The third-order valence-electron chi connectivity index (χ3n) is 3.27. The first kappa shape index (κ1) is 20.1. The van der Waals surface area contributed by atoms with E-state index in [1.54, 1.807) is 51.1 Å². The highest BCUT2D eigenvalue weighted by molar-refractivity contribution is 6.39. The number of ether oxygens (including phenoxy) is 1. The number of nitrogens with one attached hydrogen (secondary N) is 1. The monoisotopic (exact) mass is 399 g/mol. The van der Waals surface area contributed by atoms with Gasteiger partial charge in [-0.25, -0.2) is 9.59 Å². The van der Waals surface area contributed by atoms with Crippen LogP contribution in [0.2, 0.25) is 10.0 Å². The number of carboxylic acid groups (broad SMARTS) is 1. The van der Waals surface area contributed by atoms with Crippen LogP contribution in [0, 0.1) is 0 Å². The van der Waals surface area contributed by atoms with Gasteiger partial charge in [-0.3, -0.25) is 0 Å². The number of benzene rings is 1. The molecule has 0 saturated heterocycles. The van der Waals surface area contributed by atoms with Crippen molar-refractivity contribution in [3.8, 4) is 11.3 Å². The van der Waals surface area contributed by atoms with Crippen molar-refractivity contribution in [3.63, 3.8) is 0 Å². The van der Waals surface area contributed by atoms with Crippen LogP contribution >= 0.6 is 23.2 Å². The molecule has 2 aromatic rings. The number of aliphatic carboxylic acids is 1. The van der Waals surface area contributed by atoms with Gasteiger partial charge in [0, 0.05) is 6.42 Å². The van der Waals surface area contributed by atoms with Gasteiger partial charge >= 0.3 is 12.1 Å². The van der Waals surface area contributed by atoms with E-state index in [9.17, 15) is 14.7 Å². The molecule has 0 spiro atoms. The van der Waals surface area contributed by atoms with E-state index in [1.165, 1.54) is 0 Å². The van der Waals surface area contributed by atoms with Gasteiger partial charge in [-0.15, -0.1) is 0 Å². The second kappa shape index (κ2) is 8.01. The summed E-state index contributed by atoms with van der Waals surface area (Å²) in [7, 11) is 0. The summed E-state index contributed by atoms with van der Waals surface area (Å²) in [6.45, 7) is 5.07. The number of carbonyl (C=O) groups excluding carboxylic acids is 1. The molecule has 0 bridgehead atoms. The van der Waals surface area contributed by atoms with E-state index < -0.39 is 23.7 Å². The molecule has 0 aliphatic heterocycles. The Morgan fingerprint density at radius 1 is 1.19 bits per heavy atom. The Morgan fingerprint density at radius 2 is 1.81 bits per heavy atom. The Balaban J connectivity index is 2.15. The van der Waals surface area contributed by atoms with Crippen LogP contribution in [0.25, 0.3) is 11.3 Å². The zero-order valence-corrected chi connectivity index (χ0v) is 16.0. The molecule has 1 aromatic heterocycles. The first-order chi connectivity index (χ1) is 12.1. The van der Waals surface area contributed by atoms with Crippen LogP contribution in [-0.2, 0) is 16.0 Å². The number of amides is 1. The summed E-state index contributed by atoms with van der Waals surface area (Å²) in [6, 6.07) is 7.12. The Kier molecular flexibility index (Phi) is 6.21. The lowest BCUT2D eigenvalue weighted by Gasteiger charge is -2.21. The fourth-order valence-electron chi connectivity index (χ4n) is 2.21. The number of furan rings is 1. The largest absolute Gasteiger partial charge is 0.480 e. The van der Waals surface area contributed by atoms with E-state index in [0.717, 1.165) is 0 Å². The number of halogens is 2. The second-order valence-corrected chi connectivity index (χ2v) is 7.42. The van der Waals surface area contributed by atoms with Crippen molar-refractivity contribution in [2.24, 2.45) is 0 Å². The smallest absolute Gasteiger partial charge is 0.408 e. The summed E-state index contributed by atoms with van der Waals surface area (Å²) in [4.78, 5) is 23.3. The maximum absolute atomic E-state index is 11.8. The van der Waals surface area contributed by atoms with Gasteiger partial charge in [0.15, 0.2) is 0 Å². The lowest BCUT2D eigenvalue weighted by atomic mass is 10.1. The molecule has 0 aliphatic rings. The highest BCUT2D eigenvalue weighted by Gasteiger charge is 2.25. The summed E-state index contributed by atoms with van der Waals surface area (Å²) < 4.78 is 10.8. The van der Waals surface area contributed by atoms with Gasteiger partial charge in [-0.05, 0) is 45.0 Å². The number of carboxylic acids is 1. The summed E-state index contributed by atoms with van der Waals surface area (Å²) in [5.74, 6) is -0.430. The summed E-state index contributed by atoms with van der Waals surface area (Å²) in [5, 5.41) is 12.5. The minimum atomic E-state index is -1.20. The van der Waals surface area contributed by atoms with Crippen LogP contribution in [0.5, 0.6) is 0 Å². The van der Waals surface area contributed by atoms with Gasteiger partial charge in [0.05, 0.1) is 15.6 Å². The zero-order valence-electron chi connectivity index (χ0n) is 14.5. The summed E-state index contributed by atoms with van der Waals surface area (Å²) >= 11 is 12.3. The fraction of sp³-hybridized carbons (Fsp3) is 0.333. The lowest BCUT2D eigenvalue weighted by molar-refractivity contribution is -0.139. The van der Waals surface area contributed by atoms with E-state index in [-0.39, 0.29) is 6.42 Å². The maximum Gasteiger partial charge on any atom is 0.408 e. The van der Waals surface area contributed by atoms with Crippen molar-refractivity contribution in [1.82, 2.24) is 5.32 Å². The van der Waals surface area contributed by atoms with E-state index in [2.05, 4.69) is 5.32 Å². The molecule has 6 nitrogen and oxygen atoms in total. The normalized spacial score (nSPS) is 12.5. The molecule has 26 heavy (non-hydrogen) atoms. The van der Waals surface area contributed by atoms with E-state index >= 15 is 0 Å². The molecule has 0 fully saturated rings. The van der Waals surface area contributed by atoms with Crippen molar-refractivity contribution >= 4 is 35.3 Å². The Labute approximate surface area is 161 Å². The van der Waals surface area contributed by atoms with Gasteiger partial charge in [-0.1, -0.05) is 29.3 Å². The molecule has 2 rings (SSSR count). The summed E-state index contributed by atoms with van der Waals surface area (Å²) in [6.07, 6.45) is -0.873. The number of hydrogen-bond acceptors (Lipinski definition) is 4. The number of alkyl carbamates (subject to hydrolysis) is 1. The number of carbonyl (C=O) groups is 2. The van der Waals surface area contributed by atoms with Crippen molar-refractivity contribution in [1.29, 1.82) is 0 Å². The lowest BCUT2D eigenvalue weighted by Crippen LogP contribution is -2.44. The van der Waals surface area contributed by atoms with Gasteiger partial charge < -0.3 is 19.6 Å². The van der Waals surface area contributed by atoms with Crippen LogP contribution in [0.3, 0.4) is 0 Å². The molecule has 140 valence electrons. The SMILES string of the molecule is CC(C)(C)OC(=O)NC(Cc1ccc(-c2c(Cl)cccc2Cl)o1)C(=O)O. The molecule has 1 amide bonds. The third kappa shape index (κ3) is 5.41. The van der Waals surface area contributed by atoms with E-state index in [1.807, 2.05) is 0 Å². The number of hydrogen-bond donors (Lipinski definition) is 2. The molecule has 1 atom stereocenters. The maximum atomic E-state index is 11.8. The molecule has 0 saturated carbocycles. The van der Waals surface area contributed by atoms with Crippen LogP contribution in [0.4, 0.5) is 4.79 Å². The average molecular weight is 400 g/mol. The van der Waals surface area contributed by atoms with Crippen LogP contribution in [0.15, 0.2) is 34.7 Å². The first-order valence-electron chi connectivity index (χ1n) is 7.82. The highest BCUT2D eigenvalue weighted by atomic mass is 35.5. The van der Waals surface area contributed by atoms with Gasteiger partial charge in [0.2, 0.25) is 0 Å². The van der Waals surface area contributed by atoms with Crippen LogP contribution in [0.1, 0.15) is 26.5 Å². The predicted molar refractivity (Wildman–Crippen MR) is 98.7 cm³/mol. The Bertz CT molecular complexity index is 790. The molecule has 0 aliphatic carbocycles. The fourth-order valence-corrected chi connectivity index (χ4v) is 2.79. The van der Waals surface area contributed by atoms with E-state index in [4.69, 9.17) is 32.4 Å². The van der Waals surface area contributed by atoms with Gasteiger partial charge in [-0.2, -0.15) is 0 Å². The van der Waals surface area contributed by atoms with Crippen LogP contribution in [-0.4, -0.2) is 28.8 Å². The van der Waals surface area contributed by atoms with E-state index in [0.29, 0.717) is 27.1 Å². The van der Waals surface area contributed by atoms with Gasteiger partial charge in [0.25, 0.3) is 0 Å². The predicted octanol–water partition coefficient (Wildman–Crippen LogP) is 4.77. The van der Waals surface area contributed by atoms with Crippen molar-refractivity contribution in [2.75, 3.05) is 0 Å². The zero-order chi connectivity index (χ0) is 19.5. The average Bonchev–Trinajstić information content (AvgIpc) is 2.92. The molecule has 1 unspecified atom stereocenters. The Morgan fingerprint density at radius 3 is 2.35 bits per heavy atom. The minimum absolute atomic E-state index is 0.0589. The third-order valence-corrected chi connectivity index (χ3v) is 3.90. The second-order valence-electron chi connectivity index (χ2n) is 6.60. The minimum Gasteiger partial charge on any atom is -0.480 e. The summed E-state index contributed by atoms with van der Waals surface area (Å²) in [5.41, 5.74) is -0.208. The highest BCUT2D eigenvalue weighted by Crippen LogP contribution is 2.35. The first-order valence-corrected chi connectivity index (χ1v) is 8.58. The molecule has 1 aromatic carbocycles. The van der Waals surface area contributed by atoms with Crippen molar-refractivity contribution in [3.05, 3.63) is 46.1 Å². The standard InChI is InChI=1S/C18H19Cl2NO5/c1-18(2,3)26-17(24)21-13(16(22)23)9-10-7-8-14(25-10)15-11(19)5-4-6-12(15)20/h4-8,13H,9H2,1-3H3,(H,21,24)(H,22,23).